The van der Waals surface area contributed by atoms with E-state index in [9.17, 15) is 14.7 Å². The average molecular weight is 248 g/mol. The summed E-state index contributed by atoms with van der Waals surface area (Å²) in [5, 5.41) is 27.2. The van der Waals surface area contributed by atoms with Crippen molar-refractivity contribution in [2.45, 2.75) is 0 Å². The Balaban J connectivity index is 2.65. The number of aromatic carboxylic acids is 2. The Hall–Kier alpha value is -2.83. The Morgan fingerprint density at radius 1 is 1.17 bits per heavy atom. The van der Waals surface area contributed by atoms with Gasteiger partial charge in [0, 0.05) is 6.07 Å². The second kappa shape index (κ2) is 4.21. The van der Waals surface area contributed by atoms with Gasteiger partial charge in [0.2, 0.25) is 0 Å². The SMILES string of the molecule is O=C(O)c1ncn(-c2cccc(O)c2)c1C(=O)O. The summed E-state index contributed by atoms with van der Waals surface area (Å²) in [5.41, 5.74) is -0.702. The normalized spacial score (nSPS) is 10.2. The number of carbonyl (C=O) groups is 2. The van der Waals surface area contributed by atoms with Crippen molar-refractivity contribution in [1.29, 1.82) is 0 Å². The van der Waals surface area contributed by atoms with Crippen LogP contribution in [-0.2, 0) is 0 Å². The first-order valence-corrected chi connectivity index (χ1v) is 4.84. The molecule has 0 aliphatic rings. The first-order chi connectivity index (χ1) is 8.50. The van der Waals surface area contributed by atoms with Crippen molar-refractivity contribution in [3.8, 4) is 11.4 Å². The Labute approximate surface area is 101 Å². The van der Waals surface area contributed by atoms with Gasteiger partial charge >= 0.3 is 11.9 Å². The summed E-state index contributed by atoms with van der Waals surface area (Å²) in [6.07, 6.45) is 1.08. The van der Waals surface area contributed by atoms with E-state index >= 15 is 0 Å². The van der Waals surface area contributed by atoms with Gasteiger partial charge in [0.25, 0.3) is 0 Å². The zero-order chi connectivity index (χ0) is 13.3. The van der Waals surface area contributed by atoms with Crippen LogP contribution in [0.3, 0.4) is 0 Å². The molecule has 0 aliphatic heterocycles. The number of hydrogen-bond donors (Lipinski definition) is 3. The number of carboxylic acid groups (broad SMARTS) is 2. The van der Waals surface area contributed by atoms with E-state index in [-0.39, 0.29) is 5.75 Å². The summed E-state index contributed by atoms with van der Waals surface area (Å²) < 4.78 is 1.09. The van der Waals surface area contributed by atoms with Crippen molar-refractivity contribution in [1.82, 2.24) is 9.55 Å². The van der Waals surface area contributed by atoms with Crippen molar-refractivity contribution in [3.63, 3.8) is 0 Å². The maximum Gasteiger partial charge on any atom is 0.357 e. The molecule has 92 valence electrons. The fraction of sp³-hybridized carbons (Fsp3) is 0. The van der Waals surface area contributed by atoms with Crippen LogP contribution in [0.25, 0.3) is 5.69 Å². The standard InChI is InChI=1S/C11H8N2O5/c14-7-3-1-2-6(4-7)13-5-12-8(10(15)16)9(13)11(17)18/h1-5,14H,(H,15,16)(H,17,18). The number of benzene rings is 1. The zero-order valence-electron chi connectivity index (χ0n) is 8.94. The van der Waals surface area contributed by atoms with Gasteiger partial charge in [-0.2, -0.15) is 0 Å². The Morgan fingerprint density at radius 3 is 2.44 bits per heavy atom. The highest BCUT2D eigenvalue weighted by Crippen LogP contribution is 2.19. The van der Waals surface area contributed by atoms with E-state index in [0.717, 1.165) is 10.9 Å². The Morgan fingerprint density at radius 2 is 1.89 bits per heavy atom. The summed E-state index contributed by atoms with van der Waals surface area (Å²) in [5.74, 6) is -2.89. The molecule has 0 aliphatic carbocycles. The smallest absolute Gasteiger partial charge is 0.357 e. The minimum absolute atomic E-state index is 0.0607. The molecule has 7 heteroatoms. The molecule has 0 saturated carbocycles. The van der Waals surface area contributed by atoms with Crippen LogP contribution >= 0.6 is 0 Å². The maximum atomic E-state index is 11.1. The molecule has 2 aromatic rings. The third kappa shape index (κ3) is 1.88. The monoisotopic (exact) mass is 248 g/mol. The van der Waals surface area contributed by atoms with Crippen LogP contribution in [0.1, 0.15) is 21.0 Å². The molecule has 2 rings (SSSR count). The molecule has 0 amide bonds. The number of aromatic hydroxyl groups is 1. The van der Waals surface area contributed by atoms with Crippen LogP contribution in [0.15, 0.2) is 30.6 Å². The van der Waals surface area contributed by atoms with Crippen molar-refractivity contribution in [2.75, 3.05) is 0 Å². The molecule has 1 aromatic heterocycles. The van der Waals surface area contributed by atoms with Crippen LogP contribution in [0.4, 0.5) is 0 Å². The summed E-state index contributed by atoms with van der Waals surface area (Å²) in [6, 6.07) is 5.76. The molecule has 7 nitrogen and oxygen atoms in total. The van der Waals surface area contributed by atoms with Crippen LogP contribution in [0, 0.1) is 0 Å². The highest BCUT2D eigenvalue weighted by atomic mass is 16.4. The molecule has 0 fully saturated rings. The fourth-order valence-electron chi connectivity index (χ4n) is 1.55. The summed E-state index contributed by atoms with van der Waals surface area (Å²) >= 11 is 0. The van der Waals surface area contributed by atoms with E-state index in [0.29, 0.717) is 5.69 Å². The van der Waals surface area contributed by atoms with E-state index in [1.165, 1.54) is 24.3 Å². The molecule has 1 aromatic carbocycles. The van der Waals surface area contributed by atoms with Gasteiger partial charge in [0.15, 0.2) is 11.4 Å². The summed E-state index contributed by atoms with van der Waals surface area (Å²) in [7, 11) is 0. The van der Waals surface area contributed by atoms with E-state index < -0.39 is 23.3 Å². The van der Waals surface area contributed by atoms with E-state index in [4.69, 9.17) is 10.2 Å². The van der Waals surface area contributed by atoms with Crippen LogP contribution in [0.2, 0.25) is 0 Å². The van der Waals surface area contributed by atoms with Crippen LogP contribution in [0.5, 0.6) is 5.75 Å². The van der Waals surface area contributed by atoms with E-state index in [1.807, 2.05) is 0 Å². The highest BCUT2D eigenvalue weighted by Gasteiger charge is 2.23. The van der Waals surface area contributed by atoms with E-state index in [1.54, 1.807) is 0 Å². The predicted octanol–water partition coefficient (Wildman–Crippen LogP) is 0.974. The van der Waals surface area contributed by atoms with Gasteiger partial charge in [-0.25, -0.2) is 14.6 Å². The van der Waals surface area contributed by atoms with Gasteiger partial charge in [0.1, 0.15) is 12.1 Å². The van der Waals surface area contributed by atoms with Crippen molar-refractivity contribution < 1.29 is 24.9 Å². The lowest BCUT2D eigenvalue weighted by Crippen LogP contribution is -2.11. The van der Waals surface area contributed by atoms with Crippen LogP contribution in [-0.4, -0.2) is 36.8 Å². The second-order valence-corrected chi connectivity index (χ2v) is 3.44. The number of imidazole rings is 1. The third-order valence-corrected chi connectivity index (χ3v) is 2.28. The second-order valence-electron chi connectivity index (χ2n) is 3.44. The molecule has 0 bridgehead atoms. The van der Waals surface area contributed by atoms with Gasteiger partial charge in [-0.15, -0.1) is 0 Å². The molecule has 0 atom stereocenters. The first kappa shape index (κ1) is 11.6. The number of nitrogens with zero attached hydrogens (tertiary/aromatic N) is 2. The fourth-order valence-corrected chi connectivity index (χ4v) is 1.55. The Kier molecular flexibility index (Phi) is 2.72. The number of hydrogen-bond acceptors (Lipinski definition) is 4. The molecule has 18 heavy (non-hydrogen) atoms. The van der Waals surface area contributed by atoms with Gasteiger partial charge in [-0.05, 0) is 12.1 Å². The molecular weight excluding hydrogens is 240 g/mol. The molecule has 0 unspecified atom stereocenters. The minimum atomic E-state index is -1.42. The molecule has 0 radical (unpaired) electrons. The lowest BCUT2D eigenvalue weighted by molar-refractivity contribution is 0.0642. The number of phenols is 1. The quantitative estimate of drug-likeness (QED) is 0.746. The topological polar surface area (TPSA) is 113 Å². The first-order valence-electron chi connectivity index (χ1n) is 4.84. The van der Waals surface area contributed by atoms with Crippen LogP contribution < -0.4 is 0 Å². The number of phenolic OH excluding ortho intramolecular Hbond substituents is 1. The molecule has 3 N–H and O–H groups in total. The molecule has 1 heterocycles. The number of rotatable bonds is 3. The third-order valence-electron chi connectivity index (χ3n) is 2.28. The van der Waals surface area contributed by atoms with Gasteiger partial charge in [-0.3, -0.25) is 4.57 Å². The summed E-state index contributed by atoms with van der Waals surface area (Å²) in [4.78, 5) is 25.5. The van der Waals surface area contributed by atoms with E-state index in [2.05, 4.69) is 4.98 Å². The predicted molar refractivity (Wildman–Crippen MR) is 59.1 cm³/mol. The zero-order valence-corrected chi connectivity index (χ0v) is 8.94. The Bertz CT molecular complexity index is 632. The number of aromatic nitrogens is 2. The van der Waals surface area contributed by atoms with Gasteiger partial charge in [-0.1, -0.05) is 6.07 Å². The largest absolute Gasteiger partial charge is 0.508 e. The van der Waals surface area contributed by atoms with Gasteiger partial charge < -0.3 is 15.3 Å². The summed E-state index contributed by atoms with van der Waals surface area (Å²) in [6.45, 7) is 0. The maximum absolute atomic E-state index is 11.1. The van der Waals surface area contributed by atoms with Crippen molar-refractivity contribution >= 4 is 11.9 Å². The molecule has 0 spiro atoms. The van der Waals surface area contributed by atoms with Crippen molar-refractivity contribution in [2.24, 2.45) is 0 Å². The van der Waals surface area contributed by atoms with Crippen molar-refractivity contribution in [3.05, 3.63) is 42.0 Å². The lowest BCUT2D eigenvalue weighted by Gasteiger charge is -2.05. The van der Waals surface area contributed by atoms with Gasteiger partial charge in [0.05, 0.1) is 5.69 Å². The molecule has 0 saturated heterocycles. The minimum Gasteiger partial charge on any atom is -0.508 e. The highest BCUT2D eigenvalue weighted by molar-refractivity contribution is 5.99. The average Bonchev–Trinajstić information content (AvgIpc) is 2.73. The number of carboxylic acids is 2. The lowest BCUT2D eigenvalue weighted by atomic mass is 10.2. The molecular formula is C11H8N2O5.